The summed E-state index contributed by atoms with van der Waals surface area (Å²) in [6.45, 7) is -0.333. The zero-order valence-electron chi connectivity index (χ0n) is 13.6. The molecule has 134 valence electrons. The molecule has 1 amide bonds. The summed E-state index contributed by atoms with van der Waals surface area (Å²) in [6.07, 6.45) is 7.64. The van der Waals surface area contributed by atoms with Gasteiger partial charge in [-0.25, -0.2) is 4.79 Å². The SMILES string of the molecule is O=C(CCCCCCCCCBr)CC(=O)N[C@@H](CCO)C(=O)O. The van der Waals surface area contributed by atoms with Gasteiger partial charge in [-0.2, -0.15) is 0 Å². The predicted molar refractivity (Wildman–Crippen MR) is 91.6 cm³/mol. The van der Waals surface area contributed by atoms with E-state index in [1.165, 1.54) is 25.7 Å². The topological polar surface area (TPSA) is 104 Å². The summed E-state index contributed by atoms with van der Waals surface area (Å²) in [5.41, 5.74) is 0. The lowest BCUT2D eigenvalue weighted by molar-refractivity contribution is -0.143. The summed E-state index contributed by atoms with van der Waals surface area (Å²) in [7, 11) is 0. The molecule has 7 heteroatoms. The van der Waals surface area contributed by atoms with E-state index in [9.17, 15) is 14.4 Å². The number of hydrogen-bond acceptors (Lipinski definition) is 4. The van der Waals surface area contributed by atoms with E-state index in [0.29, 0.717) is 6.42 Å². The minimum Gasteiger partial charge on any atom is -0.480 e. The van der Waals surface area contributed by atoms with Gasteiger partial charge in [-0.15, -0.1) is 0 Å². The first kappa shape index (κ1) is 22.1. The molecular weight excluding hydrogens is 366 g/mol. The van der Waals surface area contributed by atoms with E-state index in [1.807, 2.05) is 0 Å². The molecule has 0 aromatic rings. The van der Waals surface area contributed by atoms with E-state index in [0.717, 1.165) is 24.6 Å². The van der Waals surface area contributed by atoms with Gasteiger partial charge in [0.05, 0.1) is 6.42 Å². The summed E-state index contributed by atoms with van der Waals surface area (Å²) < 4.78 is 0. The van der Waals surface area contributed by atoms with Crippen molar-refractivity contribution in [1.82, 2.24) is 5.32 Å². The van der Waals surface area contributed by atoms with Crippen molar-refractivity contribution in [3.8, 4) is 0 Å². The Morgan fingerprint density at radius 1 is 0.957 bits per heavy atom. The van der Waals surface area contributed by atoms with E-state index in [4.69, 9.17) is 10.2 Å². The average molecular weight is 394 g/mol. The van der Waals surface area contributed by atoms with Crippen molar-refractivity contribution in [1.29, 1.82) is 0 Å². The molecular formula is C16H28BrNO5. The molecule has 0 unspecified atom stereocenters. The first-order chi connectivity index (χ1) is 11.0. The quantitative estimate of drug-likeness (QED) is 0.225. The molecule has 0 aromatic carbocycles. The van der Waals surface area contributed by atoms with E-state index in [1.54, 1.807) is 0 Å². The summed E-state index contributed by atoms with van der Waals surface area (Å²) in [6, 6.07) is -1.14. The molecule has 3 N–H and O–H groups in total. The number of Topliss-reactive ketones (excluding diaryl/α,β-unsaturated/α-hetero) is 1. The van der Waals surface area contributed by atoms with Crippen molar-refractivity contribution in [3.63, 3.8) is 0 Å². The number of carbonyl (C=O) groups excluding carboxylic acids is 2. The van der Waals surface area contributed by atoms with Crippen LogP contribution in [0.2, 0.25) is 0 Å². The molecule has 1 atom stereocenters. The molecule has 0 aliphatic heterocycles. The maximum Gasteiger partial charge on any atom is 0.326 e. The van der Waals surface area contributed by atoms with E-state index in [2.05, 4.69) is 21.2 Å². The molecule has 6 nitrogen and oxygen atoms in total. The Bertz CT molecular complexity index is 362. The van der Waals surface area contributed by atoms with Crippen molar-refractivity contribution >= 4 is 33.6 Å². The molecule has 23 heavy (non-hydrogen) atoms. The van der Waals surface area contributed by atoms with Crippen LogP contribution in [0.4, 0.5) is 0 Å². The van der Waals surface area contributed by atoms with Crippen molar-refractivity contribution in [2.45, 2.75) is 70.3 Å². The lowest BCUT2D eigenvalue weighted by Crippen LogP contribution is -2.42. The first-order valence-electron chi connectivity index (χ1n) is 8.22. The predicted octanol–water partition coefficient (Wildman–Crippen LogP) is 2.41. The lowest BCUT2D eigenvalue weighted by atomic mass is 10.1. The van der Waals surface area contributed by atoms with Gasteiger partial charge in [-0.3, -0.25) is 9.59 Å². The molecule has 0 bridgehead atoms. The fraction of sp³-hybridized carbons (Fsp3) is 0.812. The molecule has 0 saturated heterocycles. The van der Waals surface area contributed by atoms with Gasteiger partial charge >= 0.3 is 5.97 Å². The normalized spacial score (nSPS) is 11.9. The Morgan fingerprint density at radius 3 is 2.04 bits per heavy atom. The van der Waals surface area contributed by atoms with Crippen LogP contribution in [0.5, 0.6) is 0 Å². The van der Waals surface area contributed by atoms with Crippen LogP contribution in [-0.4, -0.2) is 45.9 Å². The Labute approximate surface area is 146 Å². The maximum absolute atomic E-state index is 11.7. The van der Waals surface area contributed by atoms with Gasteiger partial charge in [0.25, 0.3) is 0 Å². The van der Waals surface area contributed by atoms with Gasteiger partial charge in [-0.05, 0) is 12.8 Å². The highest BCUT2D eigenvalue weighted by molar-refractivity contribution is 9.09. The number of nitrogens with one attached hydrogen (secondary N) is 1. The zero-order valence-corrected chi connectivity index (χ0v) is 15.1. The largest absolute Gasteiger partial charge is 0.480 e. The Balaban J connectivity index is 3.72. The molecule has 0 saturated carbocycles. The van der Waals surface area contributed by atoms with Crippen molar-refractivity contribution < 1.29 is 24.6 Å². The third-order valence-electron chi connectivity index (χ3n) is 3.50. The summed E-state index contributed by atoms with van der Waals surface area (Å²) in [5.74, 6) is -1.97. The Hall–Kier alpha value is -0.950. The van der Waals surface area contributed by atoms with Crippen LogP contribution in [0.1, 0.15) is 64.2 Å². The number of amides is 1. The molecule has 0 heterocycles. The number of hydrogen-bond donors (Lipinski definition) is 3. The van der Waals surface area contributed by atoms with Gasteiger partial charge in [0, 0.05) is 24.8 Å². The van der Waals surface area contributed by atoms with Crippen molar-refractivity contribution in [2.75, 3.05) is 11.9 Å². The zero-order chi connectivity index (χ0) is 17.5. The monoisotopic (exact) mass is 393 g/mol. The highest BCUT2D eigenvalue weighted by Gasteiger charge is 2.20. The van der Waals surface area contributed by atoms with Crippen LogP contribution >= 0.6 is 15.9 Å². The second kappa shape index (κ2) is 14.6. The molecule has 0 fully saturated rings. The van der Waals surface area contributed by atoms with Gasteiger partial charge < -0.3 is 15.5 Å². The first-order valence-corrected chi connectivity index (χ1v) is 9.34. The van der Waals surface area contributed by atoms with Crippen molar-refractivity contribution in [3.05, 3.63) is 0 Å². The Kier molecular flexibility index (Phi) is 14.0. The van der Waals surface area contributed by atoms with Crippen LogP contribution in [0, 0.1) is 0 Å². The van der Waals surface area contributed by atoms with Crippen LogP contribution < -0.4 is 5.32 Å². The number of carboxylic acids is 1. The fourth-order valence-corrected chi connectivity index (χ4v) is 2.60. The lowest BCUT2D eigenvalue weighted by Gasteiger charge is -2.12. The standard InChI is InChI=1S/C16H28BrNO5/c17-10-7-5-3-1-2-4-6-8-13(20)12-15(21)18-14(9-11-19)16(22)23/h14,19H,1-12H2,(H,18,21)(H,22,23)/t14-/m0/s1. The number of carbonyl (C=O) groups is 3. The Morgan fingerprint density at radius 2 is 1.52 bits per heavy atom. The second-order valence-electron chi connectivity index (χ2n) is 5.60. The number of unbranched alkanes of at least 4 members (excludes halogenated alkanes) is 6. The van der Waals surface area contributed by atoms with Gasteiger partial charge in [-0.1, -0.05) is 48.0 Å². The highest BCUT2D eigenvalue weighted by atomic mass is 79.9. The average Bonchev–Trinajstić information content (AvgIpc) is 2.49. The number of carboxylic acid groups (broad SMARTS) is 1. The number of aliphatic carboxylic acids is 1. The van der Waals surface area contributed by atoms with Gasteiger partial charge in [0.15, 0.2) is 0 Å². The number of aliphatic hydroxyl groups excluding tert-OH is 1. The van der Waals surface area contributed by atoms with Crippen LogP contribution in [-0.2, 0) is 14.4 Å². The molecule has 0 aliphatic rings. The molecule has 0 aromatic heterocycles. The maximum atomic E-state index is 11.7. The summed E-state index contributed by atoms with van der Waals surface area (Å²) in [4.78, 5) is 34.1. The minimum atomic E-state index is -1.21. The highest BCUT2D eigenvalue weighted by Crippen LogP contribution is 2.10. The molecule has 0 rings (SSSR count). The third-order valence-corrected chi connectivity index (χ3v) is 4.06. The fourth-order valence-electron chi connectivity index (χ4n) is 2.20. The van der Waals surface area contributed by atoms with Gasteiger partial charge in [0.2, 0.25) is 5.91 Å². The molecule has 0 spiro atoms. The number of halogens is 1. The van der Waals surface area contributed by atoms with E-state index < -0.39 is 17.9 Å². The smallest absolute Gasteiger partial charge is 0.326 e. The number of aliphatic hydroxyl groups is 1. The van der Waals surface area contributed by atoms with Crippen molar-refractivity contribution in [2.24, 2.45) is 0 Å². The summed E-state index contributed by atoms with van der Waals surface area (Å²) in [5, 5.41) is 20.9. The van der Waals surface area contributed by atoms with Crippen LogP contribution in [0.15, 0.2) is 0 Å². The molecule has 0 aliphatic carbocycles. The van der Waals surface area contributed by atoms with Gasteiger partial charge in [0.1, 0.15) is 11.8 Å². The third kappa shape index (κ3) is 13.2. The number of rotatable bonds is 15. The van der Waals surface area contributed by atoms with Crippen LogP contribution in [0.3, 0.4) is 0 Å². The number of ketones is 1. The second-order valence-corrected chi connectivity index (χ2v) is 6.39. The molecule has 0 radical (unpaired) electrons. The minimum absolute atomic E-state index is 0.0651. The van der Waals surface area contributed by atoms with E-state index in [-0.39, 0.29) is 25.2 Å². The van der Waals surface area contributed by atoms with Crippen LogP contribution in [0.25, 0.3) is 0 Å². The van der Waals surface area contributed by atoms with E-state index >= 15 is 0 Å². The number of alkyl halides is 1. The summed E-state index contributed by atoms with van der Waals surface area (Å²) >= 11 is 3.40.